The van der Waals surface area contributed by atoms with Crippen LogP contribution >= 0.6 is 0 Å². The number of benzene rings is 1. The third-order valence-corrected chi connectivity index (χ3v) is 2.20. The number of aldehydes is 1. The van der Waals surface area contributed by atoms with Crippen LogP contribution in [-0.2, 0) is 7.05 Å². The van der Waals surface area contributed by atoms with Crippen molar-refractivity contribution < 1.29 is 9.18 Å². The average Bonchev–Trinajstić information content (AvgIpc) is 2.64. The molecule has 0 spiro atoms. The van der Waals surface area contributed by atoms with Gasteiger partial charge in [0, 0.05) is 30.6 Å². The van der Waals surface area contributed by atoms with E-state index in [1.54, 1.807) is 23.0 Å². The van der Waals surface area contributed by atoms with Gasteiger partial charge in [0.05, 0.1) is 0 Å². The van der Waals surface area contributed by atoms with Crippen molar-refractivity contribution in [3.63, 3.8) is 0 Å². The molecular weight excluding hydrogens is 195 g/mol. The van der Waals surface area contributed by atoms with Crippen LogP contribution in [0.2, 0.25) is 0 Å². The van der Waals surface area contributed by atoms with Crippen LogP contribution in [0.5, 0.6) is 0 Å². The lowest BCUT2D eigenvalue weighted by atomic mass is 10.1. The van der Waals surface area contributed by atoms with E-state index in [0.717, 1.165) is 0 Å². The molecule has 0 amide bonds. The molecule has 76 valence electrons. The molecule has 0 N–H and O–H groups in total. The fraction of sp³-hybridized carbons (Fsp3) is 0.0909. The predicted molar refractivity (Wildman–Crippen MR) is 54.0 cm³/mol. The van der Waals surface area contributed by atoms with E-state index >= 15 is 0 Å². The normalized spacial score (nSPS) is 10.3. The number of rotatable bonds is 2. The molecule has 0 saturated carbocycles. The van der Waals surface area contributed by atoms with Gasteiger partial charge in [-0.15, -0.1) is 0 Å². The predicted octanol–water partition coefficient (Wildman–Crippen LogP) is 2.04. The summed E-state index contributed by atoms with van der Waals surface area (Å²) in [6, 6.07) is 4.08. The molecule has 0 aliphatic rings. The van der Waals surface area contributed by atoms with Gasteiger partial charge < -0.3 is 4.57 Å². The number of nitrogens with zero attached hydrogens (tertiary/aromatic N) is 2. The van der Waals surface area contributed by atoms with Gasteiger partial charge in [-0.3, -0.25) is 4.79 Å². The molecule has 3 nitrogen and oxygen atoms in total. The van der Waals surface area contributed by atoms with Gasteiger partial charge in [0.15, 0.2) is 6.29 Å². The second-order valence-electron chi connectivity index (χ2n) is 3.21. The second-order valence-corrected chi connectivity index (χ2v) is 3.21. The van der Waals surface area contributed by atoms with E-state index in [1.165, 1.54) is 12.1 Å². The number of hydrogen-bond donors (Lipinski definition) is 0. The first-order valence-electron chi connectivity index (χ1n) is 4.45. The van der Waals surface area contributed by atoms with Crippen LogP contribution in [0.25, 0.3) is 11.4 Å². The summed E-state index contributed by atoms with van der Waals surface area (Å²) >= 11 is 0. The quantitative estimate of drug-likeness (QED) is 0.701. The molecular formula is C11H9FN2O. The van der Waals surface area contributed by atoms with Crippen molar-refractivity contribution >= 4 is 6.29 Å². The highest BCUT2D eigenvalue weighted by atomic mass is 19.1. The second kappa shape index (κ2) is 3.65. The molecule has 0 atom stereocenters. The zero-order valence-corrected chi connectivity index (χ0v) is 8.14. The molecule has 0 aliphatic carbocycles. The summed E-state index contributed by atoms with van der Waals surface area (Å²) in [5.74, 6) is 0.229. The van der Waals surface area contributed by atoms with Crippen LogP contribution in [0.1, 0.15) is 10.4 Å². The van der Waals surface area contributed by atoms with Crippen molar-refractivity contribution in [2.75, 3.05) is 0 Å². The maximum atomic E-state index is 12.9. The number of hydrogen-bond acceptors (Lipinski definition) is 2. The minimum Gasteiger partial charge on any atom is -0.334 e. The maximum Gasteiger partial charge on any atom is 0.150 e. The van der Waals surface area contributed by atoms with Crippen LogP contribution in [-0.4, -0.2) is 15.8 Å². The molecule has 0 bridgehead atoms. The highest BCUT2D eigenvalue weighted by Gasteiger charge is 2.09. The molecule has 1 aromatic heterocycles. The molecule has 15 heavy (non-hydrogen) atoms. The summed E-state index contributed by atoms with van der Waals surface area (Å²) in [7, 11) is 1.82. The fourth-order valence-corrected chi connectivity index (χ4v) is 1.46. The van der Waals surface area contributed by atoms with Gasteiger partial charge in [-0.1, -0.05) is 0 Å². The van der Waals surface area contributed by atoms with E-state index in [2.05, 4.69) is 4.98 Å². The van der Waals surface area contributed by atoms with Gasteiger partial charge in [0.1, 0.15) is 11.6 Å². The van der Waals surface area contributed by atoms with Crippen molar-refractivity contribution in [2.45, 2.75) is 0 Å². The number of aryl methyl sites for hydroxylation is 1. The zero-order chi connectivity index (χ0) is 10.8. The average molecular weight is 204 g/mol. The first-order valence-corrected chi connectivity index (χ1v) is 4.45. The van der Waals surface area contributed by atoms with E-state index in [0.29, 0.717) is 23.2 Å². The highest BCUT2D eigenvalue weighted by Crippen LogP contribution is 2.21. The van der Waals surface area contributed by atoms with Crippen LogP contribution in [0, 0.1) is 5.82 Å². The molecule has 4 heteroatoms. The van der Waals surface area contributed by atoms with E-state index in [-0.39, 0.29) is 0 Å². The third-order valence-electron chi connectivity index (χ3n) is 2.20. The highest BCUT2D eigenvalue weighted by molar-refractivity contribution is 5.85. The minimum absolute atomic E-state index is 0.310. The Labute approximate surface area is 86.2 Å². The molecule has 0 saturated heterocycles. The molecule has 1 aromatic carbocycles. The number of carbonyl (C=O) groups is 1. The molecule has 2 aromatic rings. The van der Waals surface area contributed by atoms with Gasteiger partial charge in [-0.2, -0.15) is 0 Å². The number of carbonyl (C=O) groups excluding carboxylic acids is 1. The first-order chi connectivity index (χ1) is 7.22. The molecule has 0 fully saturated rings. The third kappa shape index (κ3) is 1.66. The van der Waals surface area contributed by atoms with E-state index in [1.807, 2.05) is 7.05 Å². The van der Waals surface area contributed by atoms with Crippen molar-refractivity contribution in [3.8, 4) is 11.4 Å². The SMILES string of the molecule is Cn1ccnc1-c1ccc(F)cc1C=O. The monoisotopic (exact) mass is 204 g/mol. The smallest absolute Gasteiger partial charge is 0.150 e. The van der Waals surface area contributed by atoms with Gasteiger partial charge >= 0.3 is 0 Å². The molecule has 2 rings (SSSR count). The Bertz CT molecular complexity index is 505. The van der Waals surface area contributed by atoms with Crippen LogP contribution in [0.15, 0.2) is 30.6 Å². The minimum atomic E-state index is -0.421. The lowest BCUT2D eigenvalue weighted by Gasteiger charge is -2.04. The van der Waals surface area contributed by atoms with Gasteiger partial charge in [0.25, 0.3) is 0 Å². The fourth-order valence-electron chi connectivity index (χ4n) is 1.46. The summed E-state index contributed by atoms with van der Waals surface area (Å²) in [5, 5.41) is 0. The largest absolute Gasteiger partial charge is 0.334 e. The Balaban J connectivity index is 2.63. The van der Waals surface area contributed by atoms with Gasteiger partial charge in [-0.05, 0) is 18.2 Å². The summed E-state index contributed by atoms with van der Waals surface area (Å²) < 4.78 is 14.7. The first kappa shape index (κ1) is 9.58. The zero-order valence-electron chi connectivity index (χ0n) is 8.14. The Morgan fingerprint density at radius 3 is 2.87 bits per heavy atom. The summed E-state index contributed by atoms with van der Waals surface area (Å²) in [6.07, 6.45) is 4.04. The lowest BCUT2D eigenvalue weighted by Crippen LogP contribution is -1.96. The van der Waals surface area contributed by atoms with Crippen molar-refractivity contribution in [2.24, 2.45) is 7.05 Å². The van der Waals surface area contributed by atoms with Gasteiger partial charge in [0.2, 0.25) is 0 Å². The standard InChI is InChI=1S/C11H9FN2O/c1-14-5-4-13-11(14)10-3-2-9(12)6-8(10)7-15/h2-7H,1H3. The summed E-state index contributed by atoms with van der Waals surface area (Å²) in [4.78, 5) is 14.9. The number of imidazole rings is 1. The van der Waals surface area contributed by atoms with E-state index < -0.39 is 5.82 Å². The van der Waals surface area contributed by atoms with Gasteiger partial charge in [-0.25, -0.2) is 9.37 Å². The van der Waals surface area contributed by atoms with E-state index in [9.17, 15) is 9.18 Å². The number of aromatic nitrogens is 2. The molecule has 0 aliphatic heterocycles. The van der Waals surface area contributed by atoms with Crippen LogP contribution in [0.4, 0.5) is 4.39 Å². The molecule has 0 radical (unpaired) electrons. The lowest BCUT2D eigenvalue weighted by molar-refractivity contribution is 0.112. The molecule has 0 unspecified atom stereocenters. The summed E-state index contributed by atoms with van der Waals surface area (Å²) in [6.45, 7) is 0. The topological polar surface area (TPSA) is 34.9 Å². The Morgan fingerprint density at radius 2 is 2.27 bits per heavy atom. The Hall–Kier alpha value is -1.97. The van der Waals surface area contributed by atoms with Crippen molar-refractivity contribution in [1.29, 1.82) is 0 Å². The maximum absolute atomic E-state index is 12.9. The Morgan fingerprint density at radius 1 is 1.47 bits per heavy atom. The van der Waals surface area contributed by atoms with Crippen molar-refractivity contribution in [3.05, 3.63) is 42.0 Å². The van der Waals surface area contributed by atoms with E-state index in [4.69, 9.17) is 0 Å². The summed E-state index contributed by atoms with van der Waals surface area (Å²) in [5.41, 5.74) is 0.947. The number of halogens is 1. The van der Waals surface area contributed by atoms with Crippen LogP contribution in [0.3, 0.4) is 0 Å². The molecule has 1 heterocycles. The van der Waals surface area contributed by atoms with Crippen molar-refractivity contribution in [1.82, 2.24) is 9.55 Å². The van der Waals surface area contributed by atoms with Crippen LogP contribution < -0.4 is 0 Å². The Kier molecular flexibility index (Phi) is 2.33.